The monoisotopic (exact) mass is 302 g/mol. The van der Waals surface area contributed by atoms with E-state index in [0.29, 0.717) is 12.2 Å². The summed E-state index contributed by atoms with van der Waals surface area (Å²) < 4.78 is 0. The van der Waals surface area contributed by atoms with Crippen LogP contribution >= 0.6 is 0 Å². The van der Waals surface area contributed by atoms with E-state index < -0.39 is 5.41 Å². The van der Waals surface area contributed by atoms with Crippen molar-refractivity contribution < 1.29 is 4.79 Å². The zero-order valence-corrected chi connectivity index (χ0v) is 14.2. The SMILES string of the molecule is CC1(C)CC(=O)C(C)(C)c2cc(C#Cc3ccccc3)ccc21. The van der Waals surface area contributed by atoms with Crippen molar-refractivity contribution in [1.29, 1.82) is 0 Å². The number of benzene rings is 2. The summed E-state index contributed by atoms with van der Waals surface area (Å²) in [6.07, 6.45) is 0.599. The lowest BCUT2D eigenvalue weighted by Gasteiger charge is -2.40. The normalized spacial score (nSPS) is 17.8. The number of Topliss-reactive ketones (excluding diaryl/α,β-unsaturated/α-hetero) is 1. The van der Waals surface area contributed by atoms with Crippen LogP contribution in [0.3, 0.4) is 0 Å². The Morgan fingerprint density at radius 1 is 0.826 bits per heavy atom. The van der Waals surface area contributed by atoms with Crippen LogP contribution in [-0.2, 0) is 15.6 Å². The Labute approximate surface area is 138 Å². The number of hydrogen-bond donors (Lipinski definition) is 0. The van der Waals surface area contributed by atoms with E-state index in [1.807, 2.05) is 44.2 Å². The summed E-state index contributed by atoms with van der Waals surface area (Å²) >= 11 is 0. The fraction of sp³-hybridized carbons (Fsp3) is 0.318. The van der Waals surface area contributed by atoms with Crippen LogP contribution in [0.4, 0.5) is 0 Å². The molecule has 0 aromatic heterocycles. The van der Waals surface area contributed by atoms with E-state index in [1.54, 1.807) is 0 Å². The second kappa shape index (κ2) is 5.39. The second-order valence-corrected chi connectivity index (χ2v) is 7.49. The number of rotatable bonds is 0. The maximum Gasteiger partial charge on any atom is 0.143 e. The zero-order chi connectivity index (χ0) is 16.7. The molecule has 0 atom stereocenters. The van der Waals surface area contributed by atoms with E-state index in [2.05, 4.69) is 43.9 Å². The Bertz CT molecular complexity index is 814. The van der Waals surface area contributed by atoms with Gasteiger partial charge in [-0.3, -0.25) is 4.79 Å². The molecule has 2 aromatic rings. The van der Waals surface area contributed by atoms with Crippen LogP contribution in [0.1, 0.15) is 56.4 Å². The van der Waals surface area contributed by atoms with Gasteiger partial charge in [0.1, 0.15) is 5.78 Å². The lowest BCUT2D eigenvalue weighted by Crippen LogP contribution is -2.42. The van der Waals surface area contributed by atoms with Crippen molar-refractivity contribution in [3.63, 3.8) is 0 Å². The van der Waals surface area contributed by atoms with Crippen molar-refractivity contribution >= 4 is 5.78 Å². The molecule has 0 amide bonds. The quantitative estimate of drug-likeness (QED) is 0.649. The predicted molar refractivity (Wildman–Crippen MR) is 94.5 cm³/mol. The van der Waals surface area contributed by atoms with Crippen LogP contribution in [0.2, 0.25) is 0 Å². The topological polar surface area (TPSA) is 17.1 Å². The molecular weight excluding hydrogens is 280 g/mol. The number of hydrogen-bond acceptors (Lipinski definition) is 1. The maximum absolute atomic E-state index is 12.5. The molecule has 1 aliphatic carbocycles. The summed E-state index contributed by atoms with van der Waals surface area (Å²) in [5.41, 5.74) is 3.82. The average Bonchev–Trinajstić information content (AvgIpc) is 2.52. The van der Waals surface area contributed by atoms with Crippen molar-refractivity contribution in [2.24, 2.45) is 0 Å². The molecule has 0 heterocycles. The fourth-order valence-corrected chi connectivity index (χ4v) is 3.26. The molecule has 0 aliphatic heterocycles. The minimum Gasteiger partial charge on any atom is -0.299 e. The van der Waals surface area contributed by atoms with Crippen molar-refractivity contribution in [2.75, 3.05) is 0 Å². The van der Waals surface area contributed by atoms with Crippen LogP contribution in [0.25, 0.3) is 0 Å². The molecule has 1 aliphatic rings. The van der Waals surface area contributed by atoms with E-state index in [1.165, 1.54) is 5.56 Å². The molecule has 0 spiro atoms. The van der Waals surface area contributed by atoms with E-state index in [0.717, 1.165) is 16.7 Å². The maximum atomic E-state index is 12.5. The van der Waals surface area contributed by atoms with Gasteiger partial charge in [0.2, 0.25) is 0 Å². The first-order chi connectivity index (χ1) is 10.8. The number of fused-ring (bicyclic) bond motifs is 1. The second-order valence-electron chi connectivity index (χ2n) is 7.49. The summed E-state index contributed by atoms with van der Waals surface area (Å²) in [5, 5.41) is 0. The van der Waals surface area contributed by atoms with Crippen molar-refractivity contribution in [2.45, 2.75) is 44.9 Å². The Morgan fingerprint density at radius 3 is 2.17 bits per heavy atom. The molecule has 0 N–H and O–H groups in total. The Hall–Kier alpha value is -2.33. The van der Waals surface area contributed by atoms with Gasteiger partial charge in [0.15, 0.2) is 0 Å². The highest BCUT2D eigenvalue weighted by Crippen LogP contribution is 2.43. The molecule has 0 radical (unpaired) electrons. The Kier molecular flexibility index (Phi) is 3.65. The van der Waals surface area contributed by atoms with Crippen LogP contribution in [0, 0.1) is 11.8 Å². The molecule has 2 aromatic carbocycles. The van der Waals surface area contributed by atoms with E-state index >= 15 is 0 Å². The number of ketones is 1. The van der Waals surface area contributed by atoms with E-state index in [4.69, 9.17) is 0 Å². The van der Waals surface area contributed by atoms with Crippen LogP contribution in [0.5, 0.6) is 0 Å². The largest absolute Gasteiger partial charge is 0.299 e. The standard InChI is InChI=1S/C22H22O/c1-21(2)15-20(23)22(3,4)19-14-17(12-13-18(19)21)11-10-16-8-6-5-7-9-16/h5-9,12-14H,15H2,1-4H3. The number of carbonyl (C=O) groups is 1. The molecule has 23 heavy (non-hydrogen) atoms. The summed E-state index contributed by atoms with van der Waals surface area (Å²) in [6, 6.07) is 16.3. The minimum atomic E-state index is -0.435. The van der Waals surface area contributed by atoms with E-state index in [-0.39, 0.29) is 5.41 Å². The van der Waals surface area contributed by atoms with Gasteiger partial charge < -0.3 is 0 Å². The first-order valence-corrected chi connectivity index (χ1v) is 8.06. The molecule has 3 rings (SSSR count). The molecule has 1 nitrogen and oxygen atoms in total. The first kappa shape index (κ1) is 15.6. The van der Waals surface area contributed by atoms with E-state index in [9.17, 15) is 4.79 Å². The Balaban J connectivity index is 2.07. The molecule has 1 heteroatoms. The third-order valence-electron chi connectivity index (χ3n) is 4.85. The summed E-state index contributed by atoms with van der Waals surface area (Å²) in [4.78, 5) is 12.5. The first-order valence-electron chi connectivity index (χ1n) is 8.06. The van der Waals surface area contributed by atoms with Gasteiger partial charge in [-0.2, -0.15) is 0 Å². The molecule has 0 fully saturated rings. The molecule has 0 saturated carbocycles. The molecule has 0 saturated heterocycles. The minimum absolute atomic E-state index is 0.104. The van der Waals surface area contributed by atoms with Crippen molar-refractivity contribution in [3.05, 3.63) is 70.8 Å². The zero-order valence-electron chi connectivity index (χ0n) is 14.2. The highest BCUT2D eigenvalue weighted by molar-refractivity contribution is 5.93. The fourth-order valence-electron chi connectivity index (χ4n) is 3.26. The molecule has 116 valence electrons. The van der Waals surface area contributed by atoms with Gasteiger partial charge in [-0.1, -0.05) is 50.0 Å². The third-order valence-corrected chi connectivity index (χ3v) is 4.85. The Morgan fingerprint density at radius 2 is 1.48 bits per heavy atom. The van der Waals surface area contributed by atoms with Crippen LogP contribution < -0.4 is 0 Å². The van der Waals surface area contributed by atoms with Gasteiger partial charge >= 0.3 is 0 Å². The highest BCUT2D eigenvalue weighted by atomic mass is 16.1. The van der Waals surface area contributed by atoms with Gasteiger partial charge in [0.25, 0.3) is 0 Å². The number of carbonyl (C=O) groups excluding carboxylic acids is 1. The van der Waals surface area contributed by atoms with Crippen molar-refractivity contribution in [3.8, 4) is 11.8 Å². The van der Waals surface area contributed by atoms with Gasteiger partial charge in [-0.05, 0) is 54.7 Å². The van der Waals surface area contributed by atoms with Gasteiger partial charge in [0, 0.05) is 23.0 Å². The van der Waals surface area contributed by atoms with Gasteiger partial charge in [0.05, 0.1) is 0 Å². The van der Waals surface area contributed by atoms with Gasteiger partial charge in [-0.25, -0.2) is 0 Å². The molecule has 0 unspecified atom stereocenters. The lowest BCUT2D eigenvalue weighted by atomic mass is 9.62. The van der Waals surface area contributed by atoms with Gasteiger partial charge in [-0.15, -0.1) is 0 Å². The third kappa shape index (κ3) is 2.82. The van der Waals surface area contributed by atoms with Crippen molar-refractivity contribution in [1.82, 2.24) is 0 Å². The summed E-state index contributed by atoms with van der Waals surface area (Å²) in [6.45, 7) is 8.35. The van der Waals surface area contributed by atoms with Crippen LogP contribution in [0.15, 0.2) is 48.5 Å². The summed E-state index contributed by atoms with van der Waals surface area (Å²) in [5.74, 6) is 6.73. The van der Waals surface area contributed by atoms with Crippen LogP contribution in [-0.4, -0.2) is 5.78 Å². The lowest BCUT2D eigenvalue weighted by molar-refractivity contribution is -0.125. The average molecular weight is 302 g/mol. The summed E-state index contributed by atoms with van der Waals surface area (Å²) in [7, 11) is 0. The highest BCUT2D eigenvalue weighted by Gasteiger charge is 2.43. The molecular formula is C22H22O. The predicted octanol–water partition coefficient (Wildman–Crippen LogP) is 4.61. The molecule has 0 bridgehead atoms. The smallest absolute Gasteiger partial charge is 0.143 e.